The maximum absolute atomic E-state index is 13.1. The van der Waals surface area contributed by atoms with E-state index in [0.29, 0.717) is 43.5 Å². The summed E-state index contributed by atoms with van der Waals surface area (Å²) in [5, 5.41) is 6.31. The van der Waals surface area contributed by atoms with E-state index >= 15 is 0 Å². The van der Waals surface area contributed by atoms with Gasteiger partial charge in [-0.15, -0.1) is 0 Å². The number of guanidine groups is 1. The van der Waals surface area contributed by atoms with Gasteiger partial charge in [-0.25, -0.2) is 9.38 Å². The van der Waals surface area contributed by atoms with Crippen LogP contribution in [0, 0.1) is 11.7 Å². The summed E-state index contributed by atoms with van der Waals surface area (Å²) < 4.78 is 23.7. The highest BCUT2D eigenvalue weighted by Gasteiger charge is 2.17. The van der Waals surface area contributed by atoms with Crippen molar-refractivity contribution >= 4 is 11.9 Å². The Kier molecular flexibility index (Phi) is 8.93. The van der Waals surface area contributed by atoms with Gasteiger partial charge in [0.2, 0.25) is 5.91 Å². The molecule has 0 aliphatic carbocycles. The molecule has 7 nitrogen and oxygen atoms in total. The average Bonchev–Trinajstić information content (AvgIpc) is 2.75. The molecule has 0 saturated carbocycles. The number of nitrogens with two attached hydrogens (primary N) is 1. The van der Waals surface area contributed by atoms with Gasteiger partial charge < -0.3 is 25.8 Å². The topological polar surface area (TPSA) is 98.0 Å². The SMILES string of the molecule is CCNC(=NCc1ccc(OC)c(OC)c1)NCC(Cc1ccc(F)cc1)C(N)=O. The number of methoxy groups -OCH3 is 2. The lowest BCUT2D eigenvalue weighted by atomic mass is 9.98. The Morgan fingerprint density at radius 3 is 2.33 bits per heavy atom. The molecule has 8 heteroatoms. The van der Waals surface area contributed by atoms with E-state index in [0.717, 1.165) is 11.1 Å². The number of halogens is 1. The Bertz CT molecular complexity index is 856. The number of primary amides is 1. The summed E-state index contributed by atoms with van der Waals surface area (Å²) in [4.78, 5) is 16.4. The minimum Gasteiger partial charge on any atom is -0.493 e. The average molecular weight is 416 g/mol. The smallest absolute Gasteiger partial charge is 0.222 e. The molecule has 0 fully saturated rings. The third-order valence-electron chi connectivity index (χ3n) is 4.53. The summed E-state index contributed by atoms with van der Waals surface area (Å²) in [6, 6.07) is 11.7. The molecule has 0 aromatic heterocycles. The Balaban J connectivity index is 2.03. The highest BCUT2D eigenvalue weighted by Crippen LogP contribution is 2.27. The molecule has 0 aliphatic heterocycles. The Morgan fingerprint density at radius 1 is 1.07 bits per heavy atom. The van der Waals surface area contributed by atoms with Crippen LogP contribution in [0.3, 0.4) is 0 Å². The maximum Gasteiger partial charge on any atom is 0.222 e. The van der Waals surface area contributed by atoms with Gasteiger partial charge in [-0.1, -0.05) is 18.2 Å². The second kappa shape index (κ2) is 11.6. The van der Waals surface area contributed by atoms with Crippen LogP contribution in [-0.2, 0) is 17.8 Å². The fraction of sp³-hybridized carbons (Fsp3) is 0.364. The van der Waals surface area contributed by atoms with Crippen molar-refractivity contribution in [3.05, 3.63) is 59.4 Å². The van der Waals surface area contributed by atoms with Crippen molar-refractivity contribution in [1.29, 1.82) is 0 Å². The molecule has 1 amide bonds. The molecule has 1 atom stereocenters. The minimum atomic E-state index is -0.458. The zero-order valence-corrected chi connectivity index (χ0v) is 17.6. The largest absolute Gasteiger partial charge is 0.493 e. The monoisotopic (exact) mass is 416 g/mol. The van der Waals surface area contributed by atoms with Crippen molar-refractivity contribution in [2.24, 2.45) is 16.6 Å². The van der Waals surface area contributed by atoms with Gasteiger partial charge in [0.1, 0.15) is 5.82 Å². The molecule has 0 aliphatic rings. The van der Waals surface area contributed by atoms with Crippen LogP contribution in [0.25, 0.3) is 0 Å². The molecule has 2 rings (SSSR count). The lowest BCUT2D eigenvalue weighted by molar-refractivity contribution is -0.121. The summed E-state index contributed by atoms with van der Waals surface area (Å²) in [5.41, 5.74) is 7.35. The van der Waals surface area contributed by atoms with E-state index in [-0.39, 0.29) is 5.82 Å². The van der Waals surface area contributed by atoms with Gasteiger partial charge in [-0.2, -0.15) is 0 Å². The molecule has 2 aromatic rings. The number of carbonyl (C=O) groups excluding carboxylic acids is 1. The number of ether oxygens (including phenoxy) is 2. The number of rotatable bonds is 10. The number of aliphatic imine (C=N–C) groups is 1. The molecule has 0 saturated heterocycles. The Morgan fingerprint density at radius 2 is 1.73 bits per heavy atom. The van der Waals surface area contributed by atoms with Gasteiger partial charge in [0.15, 0.2) is 17.5 Å². The first-order valence-electron chi connectivity index (χ1n) is 9.73. The zero-order valence-electron chi connectivity index (χ0n) is 17.6. The summed E-state index contributed by atoms with van der Waals surface area (Å²) in [5.74, 6) is 0.654. The second-order valence-electron chi connectivity index (χ2n) is 6.70. The van der Waals surface area contributed by atoms with Gasteiger partial charge >= 0.3 is 0 Å². The lowest BCUT2D eigenvalue weighted by Crippen LogP contribution is -2.43. The van der Waals surface area contributed by atoms with Crippen LogP contribution in [0.1, 0.15) is 18.1 Å². The van der Waals surface area contributed by atoms with E-state index in [4.69, 9.17) is 15.2 Å². The molecule has 0 bridgehead atoms. The number of hydrogen-bond donors (Lipinski definition) is 3. The van der Waals surface area contributed by atoms with Crippen molar-refractivity contribution in [2.75, 3.05) is 27.3 Å². The first kappa shape index (κ1) is 23.0. The quantitative estimate of drug-likeness (QED) is 0.408. The first-order valence-corrected chi connectivity index (χ1v) is 9.73. The van der Waals surface area contributed by atoms with Crippen molar-refractivity contribution in [3.8, 4) is 11.5 Å². The number of nitrogens with zero attached hydrogens (tertiary/aromatic N) is 1. The zero-order chi connectivity index (χ0) is 21.9. The highest BCUT2D eigenvalue weighted by atomic mass is 19.1. The van der Waals surface area contributed by atoms with Crippen molar-refractivity contribution < 1.29 is 18.7 Å². The van der Waals surface area contributed by atoms with Crippen LogP contribution in [0.2, 0.25) is 0 Å². The molecular formula is C22H29FN4O3. The number of amides is 1. The minimum absolute atomic E-state index is 0.310. The molecule has 4 N–H and O–H groups in total. The third kappa shape index (κ3) is 6.95. The lowest BCUT2D eigenvalue weighted by Gasteiger charge is -2.17. The standard InChI is InChI=1S/C22H29FN4O3/c1-4-25-22(26-13-16-7-10-19(29-2)20(12-16)30-3)27-14-17(21(24)28)11-15-5-8-18(23)9-6-15/h5-10,12,17H,4,11,13-14H2,1-3H3,(H2,24,28)(H2,25,26,27). The maximum atomic E-state index is 13.1. The normalized spacial score (nSPS) is 12.2. The molecule has 162 valence electrons. The molecule has 0 spiro atoms. The fourth-order valence-corrected chi connectivity index (χ4v) is 2.89. The van der Waals surface area contributed by atoms with Gasteiger partial charge in [0.05, 0.1) is 26.7 Å². The number of nitrogens with one attached hydrogen (secondary N) is 2. The van der Waals surface area contributed by atoms with Crippen LogP contribution >= 0.6 is 0 Å². The van der Waals surface area contributed by atoms with E-state index in [1.807, 2.05) is 25.1 Å². The summed E-state index contributed by atoms with van der Waals surface area (Å²) >= 11 is 0. The van der Waals surface area contributed by atoms with Crippen LogP contribution < -0.4 is 25.8 Å². The summed E-state index contributed by atoms with van der Waals surface area (Å²) in [6.07, 6.45) is 0.414. The Labute approximate surface area is 176 Å². The predicted octanol–water partition coefficient (Wildman–Crippen LogP) is 2.24. The molecule has 30 heavy (non-hydrogen) atoms. The van der Waals surface area contributed by atoms with Crippen LogP contribution in [-0.4, -0.2) is 39.2 Å². The van der Waals surface area contributed by atoms with E-state index < -0.39 is 11.8 Å². The number of benzene rings is 2. The highest BCUT2D eigenvalue weighted by molar-refractivity contribution is 5.81. The van der Waals surface area contributed by atoms with E-state index in [1.165, 1.54) is 12.1 Å². The molecule has 0 heterocycles. The number of carbonyl (C=O) groups is 1. The van der Waals surface area contributed by atoms with Gasteiger partial charge in [0, 0.05) is 13.1 Å². The van der Waals surface area contributed by atoms with Crippen molar-refractivity contribution in [3.63, 3.8) is 0 Å². The van der Waals surface area contributed by atoms with Crippen molar-refractivity contribution in [1.82, 2.24) is 10.6 Å². The van der Waals surface area contributed by atoms with Gasteiger partial charge in [-0.05, 0) is 48.7 Å². The molecule has 0 radical (unpaired) electrons. The fourth-order valence-electron chi connectivity index (χ4n) is 2.89. The Hall–Kier alpha value is -3.29. The van der Waals surface area contributed by atoms with Crippen LogP contribution in [0.15, 0.2) is 47.5 Å². The van der Waals surface area contributed by atoms with Crippen LogP contribution in [0.5, 0.6) is 11.5 Å². The second-order valence-corrected chi connectivity index (χ2v) is 6.70. The van der Waals surface area contributed by atoms with Gasteiger partial charge in [0.25, 0.3) is 0 Å². The van der Waals surface area contributed by atoms with E-state index in [2.05, 4.69) is 15.6 Å². The summed E-state index contributed by atoms with van der Waals surface area (Å²) in [6.45, 7) is 3.34. The van der Waals surface area contributed by atoms with Crippen molar-refractivity contribution in [2.45, 2.75) is 19.9 Å². The predicted molar refractivity (Wildman–Crippen MR) is 115 cm³/mol. The number of hydrogen-bond acceptors (Lipinski definition) is 4. The van der Waals surface area contributed by atoms with Crippen LogP contribution in [0.4, 0.5) is 4.39 Å². The van der Waals surface area contributed by atoms with E-state index in [1.54, 1.807) is 26.4 Å². The molecule has 1 unspecified atom stereocenters. The van der Waals surface area contributed by atoms with E-state index in [9.17, 15) is 9.18 Å². The third-order valence-corrected chi connectivity index (χ3v) is 4.53. The molecular weight excluding hydrogens is 387 g/mol. The first-order chi connectivity index (χ1) is 14.5. The van der Waals surface area contributed by atoms with Gasteiger partial charge in [-0.3, -0.25) is 4.79 Å². The molecule has 2 aromatic carbocycles. The summed E-state index contributed by atoms with van der Waals surface area (Å²) in [7, 11) is 3.17.